The van der Waals surface area contributed by atoms with E-state index in [1.165, 1.54) is 6.92 Å². The Morgan fingerprint density at radius 1 is 1.58 bits per heavy atom. The summed E-state index contributed by atoms with van der Waals surface area (Å²) in [5, 5.41) is 1.72. The summed E-state index contributed by atoms with van der Waals surface area (Å²) < 4.78 is 0. The number of piperidine rings is 1. The fraction of sp³-hybridized carbons (Fsp3) is 0.875. The van der Waals surface area contributed by atoms with E-state index in [0.29, 0.717) is 5.92 Å². The average Bonchev–Trinajstić information content (AvgIpc) is 2.05. The molecule has 4 heteroatoms. The number of carbonyl (C=O) groups excluding carboxylic acids is 1. The zero-order valence-electron chi connectivity index (χ0n) is 7.45. The standard InChI is InChI=1S/C8H16N2O2/c1-7(11)12-10-4-2-8(6-9)3-5-10/h8H,2-6,9H2,1H3. The van der Waals surface area contributed by atoms with Gasteiger partial charge in [-0.25, -0.2) is 0 Å². The summed E-state index contributed by atoms with van der Waals surface area (Å²) in [6.07, 6.45) is 2.06. The molecular weight excluding hydrogens is 156 g/mol. The molecule has 0 spiro atoms. The third-order valence-corrected chi connectivity index (χ3v) is 2.16. The summed E-state index contributed by atoms with van der Waals surface area (Å²) in [4.78, 5) is 15.5. The van der Waals surface area contributed by atoms with Crippen LogP contribution in [0.2, 0.25) is 0 Å². The maximum Gasteiger partial charge on any atom is 0.322 e. The van der Waals surface area contributed by atoms with Gasteiger partial charge in [-0.15, -0.1) is 5.06 Å². The maximum atomic E-state index is 10.6. The molecule has 70 valence electrons. The molecule has 1 fully saturated rings. The van der Waals surface area contributed by atoms with Gasteiger partial charge in [0.1, 0.15) is 0 Å². The third-order valence-electron chi connectivity index (χ3n) is 2.16. The molecule has 1 aliphatic heterocycles. The minimum Gasteiger partial charge on any atom is -0.368 e. The molecule has 4 nitrogen and oxygen atoms in total. The molecule has 0 aliphatic carbocycles. The molecule has 1 saturated heterocycles. The second-order valence-electron chi connectivity index (χ2n) is 3.19. The monoisotopic (exact) mass is 172 g/mol. The Balaban J connectivity index is 2.21. The van der Waals surface area contributed by atoms with Gasteiger partial charge in [0.2, 0.25) is 0 Å². The van der Waals surface area contributed by atoms with Gasteiger partial charge in [0.15, 0.2) is 0 Å². The highest BCUT2D eigenvalue weighted by atomic mass is 16.7. The lowest BCUT2D eigenvalue weighted by molar-refractivity contribution is -0.193. The summed E-state index contributed by atoms with van der Waals surface area (Å²) in [6, 6.07) is 0. The van der Waals surface area contributed by atoms with E-state index >= 15 is 0 Å². The molecule has 2 N–H and O–H groups in total. The second kappa shape index (κ2) is 4.42. The van der Waals surface area contributed by atoms with Gasteiger partial charge in [-0.1, -0.05) is 0 Å². The quantitative estimate of drug-likeness (QED) is 0.643. The van der Waals surface area contributed by atoms with Crippen molar-refractivity contribution in [2.24, 2.45) is 11.7 Å². The summed E-state index contributed by atoms with van der Waals surface area (Å²) in [6.45, 7) is 3.81. The van der Waals surface area contributed by atoms with Crippen LogP contribution in [0.3, 0.4) is 0 Å². The van der Waals surface area contributed by atoms with Gasteiger partial charge in [-0.2, -0.15) is 0 Å². The van der Waals surface area contributed by atoms with Gasteiger partial charge in [0, 0.05) is 20.0 Å². The van der Waals surface area contributed by atoms with Crippen LogP contribution in [0.15, 0.2) is 0 Å². The minimum absolute atomic E-state index is 0.235. The topological polar surface area (TPSA) is 55.6 Å². The first-order valence-corrected chi connectivity index (χ1v) is 4.36. The number of nitrogens with zero attached hydrogens (tertiary/aromatic N) is 1. The predicted octanol–water partition coefficient (Wildman–Crippen LogP) is 0.135. The first-order chi connectivity index (χ1) is 5.72. The fourth-order valence-corrected chi connectivity index (χ4v) is 1.42. The first-order valence-electron chi connectivity index (χ1n) is 4.36. The van der Waals surface area contributed by atoms with Crippen molar-refractivity contribution in [3.05, 3.63) is 0 Å². The molecular formula is C8H16N2O2. The van der Waals surface area contributed by atoms with Gasteiger partial charge in [-0.3, -0.25) is 4.79 Å². The second-order valence-corrected chi connectivity index (χ2v) is 3.19. The van der Waals surface area contributed by atoms with Crippen LogP contribution in [-0.2, 0) is 9.63 Å². The normalized spacial score (nSPS) is 20.8. The molecule has 0 aromatic heterocycles. The Kier molecular flexibility index (Phi) is 3.49. The van der Waals surface area contributed by atoms with E-state index in [0.717, 1.165) is 32.5 Å². The van der Waals surface area contributed by atoms with Gasteiger partial charge < -0.3 is 10.6 Å². The van der Waals surface area contributed by atoms with Crippen molar-refractivity contribution in [3.63, 3.8) is 0 Å². The Morgan fingerprint density at radius 3 is 2.58 bits per heavy atom. The zero-order chi connectivity index (χ0) is 8.97. The van der Waals surface area contributed by atoms with E-state index in [-0.39, 0.29) is 5.97 Å². The molecule has 0 aromatic carbocycles. The SMILES string of the molecule is CC(=O)ON1CCC(CN)CC1. The van der Waals surface area contributed by atoms with Crippen molar-refractivity contribution in [1.82, 2.24) is 5.06 Å². The molecule has 0 saturated carbocycles. The molecule has 0 atom stereocenters. The van der Waals surface area contributed by atoms with Crippen LogP contribution < -0.4 is 5.73 Å². The van der Waals surface area contributed by atoms with Crippen molar-refractivity contribution >= 4 is 5.97 Å². The molecule has 0 radical (unpaired) electrons. The highest BCUT2D eigenvalue weighted by Gasteiger charge is 2.19. The maximum absolute atomic E-state index is 10.6. The lowest BCUT2D eigenvalue weighted by Gasteiger charge is -2.29. The zero-order valence-corrected chi connectivity index (χ0v) is 7.45. The van der Waals surface area contributed by atoms with Crippen molar-refractivity contribution in [2.75, 3.05) is 19.6 Å². The van der Waals surface area contributed by atoms with Gasteiger partial charge >= 0.3 is 5.97 Å². The molecule has 0 unspecified atom stereocenters. The third kappa shape index (κ3) is 2.79. The molecule has 1 aliphatic rings. The van der Waals surface area contributed by atoms with Gasteiger partial charge in [0.25, 0.3) is 0 Å². The Bertz CT molecular complexity index is 153. The van der Waals surface area contributed by atoms with Crippen LogP contribution in [0.25, 0.3) is 0 Å². The van der Waals surface area contributed by atoms with E-state index in [4.69, 9.17) is 10.6 Å². The first kappa shape index (κ1) is 9.48. The molecule has 0 bridgehead atoms. The number of nitrogens with two attached hydrogens (primary N) is 1. The van der Waals surface area contributed by atoms with Gasteiger partial charge in [-0.05, 0) is 25.3 Å². The average molecular weight is 172 g/mol. The number of carbonyl (C=O) groups is 1. The van der Waals surface area contributed by atoms with Crippen molar-refractivity contribution in [2.45, 2.75) is 19.8 Å². The fourth-order valence-electron chi connectivity index (χ4n) is 1.42. The summed E-state index contributed by atoms with van der Waals surface area (Å²) >= 11 is 0. The van der Waals surface area contributed by atoms with Crippen molar-refractivity contribution in [3.8, 4) is 0 Å². The van der Waals surface area contributed by atoms with Gasteiger partial charge in [0.05, 0.1) is 0 Å². The van der Waals surface area contributed by atoms with Crippen LogP contribution >= 0.6 is 0 Å². The number of hydrogen-bond donors (Lipinski definition) is 1. The summed E-state index contributed by atoms with van der Waals surface area (Å²) in [5.74, 6) is 0.373. The highest BCUT2D eigenvalue weighted by molar-refractivity contribution is 5.65. The molecule has 1 rings (SSSR count). The largest absolute Gasteiger partial charge is 0.368 e. The smallest absolute Gasteiger partial charge is 0.322 e. The number of hydrogen-bond acceptors (Lipinski definition) is 4. The van der Waals surface area contributed by atoms with E-state index in [9.17, 15) is 4.79 Å². The van der Waals surface area contributed by atoms with Crippen molar-refractivity contribution in [1.29, 1.82) is 0 Å². The lowest BCUT2D eigenvalue weighted by atomic mass is 9.98. The minimum atomic E-state index is -0.235. The van der Waals surface area contributed by atoms with Crippen LogP contribution in [0.4, 0.5) is 0 Å². The van der Waals surface area contributed by atoms with E-state index in [1.54, 1.807) is 5.06 Å². The number of hydroxylamine groups is 2. The van der Waals surface area contributed by atoms with Crippen LogP contribution in [0.5, 0.6) is 0 Å². The van der Waals surface area contributed by atoms with E-state index in [1.807, 2.05) is 0 Å². The summed E-state index contributed by atoms with van der Waals surface area (Å²) in [5.41, 5.74) is 5.52. The van der Waals surface area contributed by atoms with Crippen LogP contribution in [0.1, 0.15) is 19.8 Å². The van der Waals surface area contributed by atoms with Crippen LogP contribution in [0, 0.1) is 5.92 Å². The van der Waals surface area contributed by atoms with E-state index < -0.39 is 0 Å². The molecule has 0 aromatic rings. The number of rotatable bonds is 2. The predicted molar refractivity (Wildman–Crippen MR) is 45.1 cm³/mol. The van der Waals surface area contributed by atoms with Crippen LogP contribution in [-0.4, -0.2) is 30.7 Å². The van der Waals surface area contributed by atoms with Crippen molar-refractivity contribution < 1.29 is 9.63 Å². The summed E-state index contributed by atoms with van der Waals surface area (Å²) in [7, 11) is 0. The lowest BCUT2D eigenvalue weighted by Crippen LogP contribution is -2.37. The Morgan fingerprint density at radius 2 is 2.17 bits per heavy atom. The Labute approximate surface area is 72.6 Å². The molecule has 12 heavy (non-hydrogen) atoms. The highest BCUT2D eigenvalue weighted by Crippen LogP contribution is 2.15. The molecule has 0 amide bonds. The van der Waals surface area contributed by atoms with E-state index in [2.05, 4.69) is 0 Å². The molecule has 1 heterocycles. The Hall–Kier alpha value is -0.610.